The first-order chi connectivity index (χ1) is 13.4. The number of aryl methyl sites for hydroxylation is 1. The van der Waals surface area contributed by atoms with Crippen LogP contribution >= 0.6 is 11.8 Å². The van der Waals surface area contributed by atoms with E-state index in [-0.39, 0.29) is 5.69 Å². The van der Waals surface area contributed by atoms with Crippen molar-refractivity contribution in [1.29, 1.82) is 0 Å². The maximum Gasteiger partial charge on any atom is 0.269 e. The van der Waals surface area contributed by atoms with Crippen LogP contribution in [0, 0.1) is 17.0 Å². The summed E-state index contributed by atoms with van der Waals surface area (Å²) in [4.78, 5) is 19.3. The first kappa shape index (κ1) is 19.8. The van der Waals surface area contributed by atoms with Crippen molar-refractivity contribution < 1.29 is 9.66 Å². The topological polar surface area (TPSA) is 78.2 Å². The van der Waals surface area contributed by atoms with E-state index in [1.165, 1.54) is 29.5 Å². The van der Waals surface area contributed by atoms with Crippen LogP contribution in [0.3, 0.4) is 0 Å². The molecule has 0 aliphatic rings. The Morgan fingerprint density at radius 1 is 1.11 bits per heavy atom. The van der Waals surface area contributed by atoms with Gasteiger partial charge in [-0.15, -0.1) is 0 Å². The van der Waals surface area contributed by atoms with E-state index < -0.39 is 4.92 Å². The van der Waals surface area contributed by atoms with Gasteiger partial charge in [-0.3, -0.25) is 10.1 Å². The highest BCUT2D eigenvalue weighted by molar-refractivity contribution is 7.98. The van der Waals surface area contributed by atoms with Gasteiger partial charge in [0.15, 0.2) is 5.16 Å². The lowest BCUT2D eigenvalue weighted by molar-refractivity contribution is -0.384. The number of non-ortho nitro benzene ring substituents is 1. The standard InChI is InChI=1S/C21H21N3O3S/c1-14(2)17-5-4-6-19(12-17)27-20-11-15(3)22-21(23-20)28-13-16-7-9-18(10-8-16)24(25)26/h4-12,14H,13H2,1-3H3. The van der Waals surface area contributed by atoms with E-state index in [1.54, 1.807) is 18.2 Å². The van der Waals surface area contributed by atoms with Crippen molar-refractivity contribution in [2.75, 3.05) is 0 Å². The average Bonchev–Trinajstić information content (AvgIpc) is 2.66. The van der Waals surface area contributed by atoms with Gasteiger partial charge in [-0.1, -0.05) is 49.9 Å². The number of nitro groups is 1. The van der Waals surface area contributed by atoms with Gasteiger partial charge in [0.1, 0.15) is 5.75 Å². The summed E-state index contributed by atoms with van der Waals surface area (Å²) >= 11 is 1.46. The molecule has 0 saturated carbocycles. The van der Waals surface area contributed by atoms with E-state index in [0.717, 1.165) is 17.0 Å². The average molecular weight is 395 g/mol. The molecule has 0 radical (unpaired) electrons. The number of nitrogens with zero attached hydrogens (tertiary/aromatic N) is 3. The molecule has 0 fully saturated rings. The molecule has 28 heavy (non-hydrogen) atoms. The third-order valence-corrected chi connectivity index (χ3v) is 4.99. The summed E-state index contributed by atoms with van der Waals surface area (Å²) in [5.41, 5.74) is 3.07. The van der Waals surface area contributed by atoms with Crippen LogP contribution < -0.4 is 4.74 Å². The van der Waals surface area contributed by atoms with Crippen molar-refractivity contribution in [3.8, 4) is 11.6 Å². The SMILES string of the molecule is Cc1cc(Oc2cccc(C(C)C)c2)nc(SCc2ccc([N+](=O)[O-])cc2)n1. The summed E-state index contributed by atoms with van der Waals surface area (Å²) in [5, 5.41) is 11.3. The predicted molar refractivity (Wildman–Crippen MR) is 110 cm³/mol. The minimum atomic E-state index is -0.404. The Bertz CT molecular complexity index is 975. The van der Waals surface area contributed by atoms with Crippen molar-refractivity contribution in [2.45, 2.75) is 37.6 Å². The molecule has 0 N–H and O–H groups in total. The van der Waals surface area contributed by atoms with Crippen LogP contribution in [-0.4, -0.2) is 14.9 Å². The molecule has 3 rings (SSSR count). The summed E-state index contributed by atoms with van der Waals surface area (Å²) in [6.07, 6.45) is 0. The van der Waals surface area contributed by atoms with E-state index in [0.29, 0.717) is 22.7 Å². The monoisotopic (exact) mass is 395 g/mol. The Morgan fingerprint density at radius 2 is 1.86 bits per heavy atom. The van der Waals surface area contributed by atoms with Gasteiger partial charge in [-0.25, -0.2) is 4.98 Å². The van der Waals surface area contributed by atoms with Crippen LogP contribution in [0.25, 0.3) is 0 Å². The van der Waals surface area contributed by atoms with E-state index >= 15 is 0 Å². The molecule has 0 unspecified atom stereocenters. The van der Waals surface area contributed by atoms with Crippen LogP contribution in [0.4, 0.5) is 5.69 Å². The maximum atomic E-state index is 10.7. The molecule has 0 bridgehead atoms. The molecule has 2 aromatic carbocycles. The maximum absolute atomic E-state index is 10.7. The number of nitro benzene ring substituents is 1. The lowest BCUT2D eigenvalue weighted by Crippen LogP contribution is -1.96. The lowest BCUT2D eigenvalue weighted by Gasteiger charge is -2.10. The smallest absolute Gasteiger partial charge is 0.269 e. The number of hydrogen-bond acceptors (Lipinski definition) is 6. The molecule has 0 spiro atoms. The fourth-order valence-electron chi connectivity index (χ4n) is 2.55. The van der Waals surface area contributed by atoms with Gasteiger partial charge in [0.2, 0.25) is 5.88 Å². The minimum Gasteiger partial charge on any atom is -0.439 e. The molecular weight excluding hydrogens is 374 g/mol. The molecule has 0 aliphatic carbocycles. The highest BCUT2D eigenvalue weighted by Crippen LogP contribution is 2.27. The quantitative estimate of drug-likeness (QED) is 0.214. The molecular formula is C21H21N3O3S. The van der Waals surface area contributed by atoms with Gasteiger partial charge in [0, 0.05) is 29.6 Å². The molecule has 1 aromatic heterocycles. The Labute approximate surface area is 168 Å². The number of ether oxygens (including phenoxy) is 1. The second-order valence-electron chi connectivity index (χ2n) is 6.67. The molecule has 0 atom stereocenters. The molecule has 6 nitrogen and oxygen atoms in total. The van der Waals surface area contributed by atoms with E-state index in [4.69, 9.17) is 4.74 Å². The first-order valence-corrected chi connectivity index (χ1v) is 9.89. The van der Waals surface area contributed by atoms with E-state index in [2.05, 4.69) is 29.9 Å². The van der Waals surface area contributed by atoms with Crippen molar-refractivity contribution in [3.63, 3.8) is 0 Å². The molecule has 7 heteroatoms. The summed E-state index contributed by atoms with van der Waals surface area (Å²) < 4.78 is 5.95. The van der Waals surface area contributed by atoms with Gasteiger partial charge >= 0.3 is 0 Å². The van der Waals surface area contributed by atoms with E-state index in [1.807, 2.05) is 25.1 Å². The largest absolute Gasteiger partial charge is 0.439 e. The number of thioether (sulfide) groups is 1. The van der Waals surface area contributed by atoms with Crippen molar-refractivity contribution in [1.82, 2.24) is 9.97 Å². The zero-order chi connectivity index (χ0) is 20.1. The Morgan fingerprint density at radius 3 is 2.54 bits per heavy atom. The number of benzene rings is 2. The predicted octanol–water partition coefficient (Wildman–Crippen LogP) is 5.90. The lowest BCUT2D eigenvalue weighted by atomic mass is 10.0. The third kappa shape index (κ3) is 5.29. The molecule has 144 valence electrons. The Balaban J connectivity index is 1.70. The summed E-state index contributed by atoms with van der Waals surface area (Å²) in [5.74, 6) is 2.28. The van der Waals surface area contributed by atoms with Gasteiger partial charge in [-0.2, -0.15) is 4.98 Å². The zero-order valence-electron chi connectivity index (χ0n) is 16.0. The molecule has 0 aliphatic heterocycles. The zero-order valence-corrected chi connectivity index (χ0v) is 16.8. The van der Waals surface area contributed by atoms with Gasteiger partial charge < -0.3 is 4.74 Å². The van der Waals surface area contributed by atoms with Crippen LogP contribution in [0.15, 0.2) is 59.8 Å². The van der Waals surface area contributed by atoms with Gasteiger partial charge in [0.05, 0.1) is 4.92 Å². The van der Waals surface area contributed by atoms with Crippen molar-refractivity contribution in [3.05, 3.63) is 81.5 Å². The second-order valence-corrected chi connectivity index (χ2v) is 7.61. The third-order valence-electron chi connectivity index (χ3n) is 4.07. The Hall–Kier alpha value is -2.93. The number of rotatable bonds is 7. The minimum absolute atomic E-state index is 0.0832. The van der Waals surface area contributed by atoms with Gasteiger partial charge in [-0.05, 0) is 36.1 Å². The normalized spacial score (nSPS) is 10.9. The fourth-order valence-corrected chi connectivity index (χ4v) is 3.40. The fraction of sp³-hybridized carbons (Fsp3) is 0.238. The second kappa shape index (κ2) is 8.84. The summed E-state index contributed by atoms with van der Waals surface area (Å²) in [7, 11) is 0. The van der Waals surface area contributed by atoms with Gasteiger partial charge in [0.25, 0.3) is 5.69 Å². The van der Waals surface area contributed by atoms with Crippen molar-refractivity contribution >= 4 is 17.4 Å². The number of aromatic nitrogens is 2. The summed E-state index contributed by atoms with van der Waals surface area (Å²) in [6, 6.07) is 16.3. The molecule has 1 heterocycles. The summed E-state index contributed by atoms with van der Waals surface area (Å²) in [6.45, 7) is 6.18. The molecule has 0 amide bonds. The highest BCUT2D eigenvalue weighted by atomic mass is 32.2. The van der Waals surface area contributed by atoms with Crippen LogP contribution in [0.5, 0.6) is 11.6 Å². The van der Waals surface area contributed by atoms with Crippen molar-refractivity contribution in [2.24, 2.45) is 0 Å². The van der Waals surface area contributed by atoms with Crippen LogP contribution in [-0.2, 0) is 5.75 Å². The Kier molecular flexibility index (Phi) is 6.26. The van der Waals surface area contributed by atoms with Crippen LogP contribution in [0.1, 0.15) is 36.6 Å². The van der Waals surface area contributed by atoms with Crippen LogP contribution in [0.2, 0.25) is 0 Å². The van der Waals surface area contributed by atoms with E-state index in [9.17, 15) is 10.1 Å². The number of hydrogen-bond donors (Lipinski definition) is 0. The molecule has 3 aromatic rings. The first-order valence-electron chi connectivity index (χ1n) is 8.90. The highest BCUT2D eigenvalue weighted by Gasteiger charge is 2.09. The molecule has 0 saturated heterocycles.